The number of carbonyl (C=O) groups excluding carboxylic acids is 1. The number of rotatable bonds is 4. The highest BCUT2D eigenvalue weighted by atomic mass is 32.2. The van der Waals surface area contributed by atoms with Crippen LogP contribution < -0.4 is 16.0 Å². The van der Waals surface area contributed by atoms with Crippen LogP contribution in [-0.2, 0) is 14.8 Å². The molecule has 0 unspecified atom stereocenters. The molecule has 1 aromatic rings. The van der Waals surface area contributed by atoms with E-state index in [-0.39, 0.29) is 15.6 Å². The Hall–Kier alpha value is -1.71. The van der Waals surface area contributed by atoms with Gasteiger partial charge < -0.3 is 10.5 Å². The van der Waals surface area contributed by atoms with Crippen LogP contribution in [0, 0.1) is 0 Å². The highest BCUT2D eigenvalue weighted by Crippen LogP contribution is 2.11. The Morgan fingerprint density at radius 3 is 2.67 bits per heavy atom. The van der Waals surface area contributed by atoms with E-state index in [2.05, 4.69) is 22.4 Å². The molecular weight excluding hydrogens is 278 g/mol. The average molecular weight is 289 g/mol. The Morgan fingerprint density at radius 2 is 2.11 bits per heavy atom. The minimum atomic E-state index is -3.86. The molecule has 0 atom stereocenters. The van der Waals surface area contributed by atoms with Crippen LogP contribution in [0.4, 0.5) is 0 Å². The van der Waals surface area contributed by atoms with Crippen LogP contribution in [-0.4, -0.2) is 26.6 Å². The summed E-state index contributed by atoms with van der Waals surface area (Å²) in [5.74, 6) is -0.630. The van der Waals surface area contributed by atoms with Crippen molar-refractivity contribution in [1.82, 2.24) is 10.3 Å². The average Bonchev–Trinajstić information content (AvgIpc) is 2.35. The monoisotopic (exact) mass is 289 g/mol. The van der Waals surface area contributed by atoms with Gasteiger partial charge >= 0.3 is 5.97 Å². The van der Waals surface area contributed by atoms with Crippen LogP contribution in [0.1, 0.15) is 10.4 Å². The number of nitrogens with one attached hydrogen (secondary N) is 2. The van der Waals surface area contributed by atoms with Crippen molar-refractivity contribution in [2.75, 3.05) is 7.11 Å². The first kappa shape index (κ1) is 14.4. The summed E-state index contributed by atoms with van der Waals surface area (Å²) in [5, 5.41) is -0.220. The fourth-order valence-electron chi connectivity index (χ4n) is 1.08. The third kappa shape index (κ3) is 3.65. The van der Waals surface area contributed by atoms with Crippen molar-refractivity contribution in [1.29, 1.82) is 0 Å². The number of hydrogen-bond donors (Lipinski definition) is 3. The van der Waals surface area contributed by atoms with Crippen LogP contribution in [0.2, 0.25) is 0 Å². The van der Waals surface area contributed by atoms with Gasteiger partial charge in [-0.05, 0) is 30.4 Å². The Labute approximate surface area is 109 Å². The summed E-state index contributed by atoms with van der Waals surface area (Å²) >= 11 is 4.47. The number of methoxy groups -OCH3 is 1. The molecule has 0 aliphatic carbocycles. The van der Waals surface area contributed by atoms with Crippen molar-refractivity contribution in [2.24, 2.45) is 5.73 Å². The van der Waals surface area contributed by atoms with Crippen molar-refractivity contribution in [2.45, 2.75) is 4.90 Å². The van der Waals surface area contributed by atoms with Gasteiger partial charge in [-0.1, -0.05) is 6.07 Å². The normalized spacial score (nSPS) is 10.7. The van der Waals surface area contributed by atoms with Crippen molar-refractivity contribution in [3.63, 3.8) is 0 Å². The van der Waals surface area contributed by atoms with E-state index in [1.165, 1.54) is 31.4 Å². The first-order chi connectivity index (χ1) is 8.36. The lowest BCUT2D eigenvalue weighted by Crippen LogP contribution is -2.44. The van der Waals surface area contributed by atoms with Gasteiger partial charge in [0.1, 0.15) is 0 Å². The Morgan fingerprint density at radius 1 is 1.44 bits per heavy atom. The second-order valence-electron chi connectivity index (χ2n) is 3.11. The second kappa shape index (κ2) is 5.76. The Bertz CT molecular complexity index is 571. The topological polar surface area (TPSA) is 111 Å². The van der Waals surface area contributed by atoms with E-state index in [9.17, 15) is 13.2 Å². The molecule has 0 fully saturated rings. The van der Waals surface area contributed by atoms with Crippen molar-refractivity contribution in [3.8, 4) is 0 Å². The van der Waals surface area contributed by atoms with Gasteiger partial charge in [-0.2, -0.15) is 0 Å². The fraction of sp³-hybridized carbons (Fsp3) is 0.111. The Kier molecular flexibility index (Phi) is 4.59. The van der Waals surface area contributed by atoms with Gasteiger partial charge in [0.15, 0.2) is 5.11 Å². The molecule has 4 N–H and O–H groups in total. The predicted molar refractivity (Wildman–Crippen MR) is 68.0 cm³/mol. The predicted octanol–water partition coefficient (Wildman–Crippen LogP) is -0.500. The molecule has 0 aliphatic heterocycles. The highest BCUT2D eigenvalue weighted by molar-refractivity contribution is 7.89. The number of nitrogens with two attached hydrogens (primary N) is 1. The molecule has 0 amide bonds. The molecule has 0 bridgehead atoms. The number of benzene rings is 1. The molecule has 0 saturated heterocycles. The Balaban J connectivity index is 3.02. The van der Waals surface area contributed by atoms with Gasteiger partial charge in [0.2, 0.25) is 0 Å². The number of hydrazine groups is 1. The van der Waals surface area contributed by atoms with Gasteiger partial charge in [-0.3, -0.25) is 5.43 Å². The van der Waals surface area contributed by atoms with Crippen molar-refractivity contribution in [3.05, 3.63) is 29.8 Å². The number of thiocarbonyl (C=S) groups is 1. The van der Waals surface area contributed by atoms with Gasteiger partial charge in [0.05, 0.1) is 17.6 Å². The number of esters is 1. The van der Waals surface area contributed by atoms with Crippen molar-refractivity contribution < 1.29 is 17.9 Å². The quantitative estimate of drug-likeness (QED) is 0.389. The molecule has 0 aromatic heterocycles. The van der Waals surface area contributed by atoms with E-state index < -0.39 is 16.0 Å². The minimum Gasteiger partial charge on any atom is -0.465 e. The summed E-state index contributed by atoms with van der Waals surface area (Å²) in [4.78, 5) is 13.1. The van der Waals surface area contributed by atoms with Crippen LogP contribution in [0.3, 0.4) is 0 Å². The molecule has 0 heterocycles. The van der Waals surface area contributed by atoms with E-state index in [0.717, 1.165) is 0 Å². The van der Waals surface area contributed by atoms with Crippen LogP contribution in [0.25, 0.3) is 0 Å². The van der Waals surface area contributed by atoms with Crippen LogP contribution in [0.15, 0.2) is 29.2 Å². The van der Waals surface area contributed by atoms with Gasteiger partial charge in [0.25, 0.3) is 10.0 Å². The zero-order valence-corrected chi connectivity index (χ0v) is 11.0. The maximum Gasteiger partial charge on any atom is 0.337 e. The minimum absolute atomic E-state index is 0.117. The summed E-state index contributed by atoms with van der Waals surface area (Å²) in [5.41, 5.74) is 7.32. The molecule has 18 heavy (non-hydrogen) atoms. The highest BCUT2D eigenvalue weighted by Gasteiger charge is 2.16. The lowest BCUT2D eigenvalue weighted by molar-refractivity contribution is 0.0600. The maximum absolute atomic E-state index is 11.8. The molecule has 0 radical (unpaired) electrons. The molecule has 0 saturated carbocycles. The number of sulfonamides is 1. The smallest absolute Gasteiger partial charge is 0.337 e. The molecular formula is C9H11N3O4S2. The third-order valence-corrected chi connectivity index (χ3v) is 3.22. The number of ether oxygens (including phenoxy) is 1. The van der Waals surface area contributed by atoms with Gasteiger partial charge in [-0.15, -0.1) is 4.83 Å². The summed E-state index contributed by atoms with van der Waals surface area (Å²) in [6, 6.07) is 5.35. The van der Waals surface area contributed by atoms with E-state index in [1.54, 1.807) is 0 Å². The molecule has 9 heteroatoms. The number of hydrogen-bond acceptors (Lipinski definition) is 5. The van der Waals surface area contributed by atoms with E-state index in [1.807, 2.05) is 4.83 Å². The zero-order valence-electron chi connectivity index (χ0n) is 9.34. The summed E-state index contributed by atoms with van der Waals surface area (Å²) in [6.45, 7) is 0. The first-order valence-corrected chi connectivity index (χ1v) is 6.51. The second-order valence-corrected chi connectivity index (χ2v) is 5.24. The number of carbonyl (C=O) groups is 1. The van der Waals surface area contributed by atoms with E-state index in [4.69, 9.17) is 5.73 Å². The first-order valence-electron chi connectivity index (χ1n) is 4.62. The van der Waals surface area contributed by atoms with Crippen LogP contribution >= 0.6 is 12.2 Å². The summed E-state index contributed by atoms with van der Waals surface area (Å²) in [6.07, 6.45) is 0. The molecule has 1 rings (SSSR count). The van der Waals surface area contributed by atoms with Gasteiger partial charge in [-0.25, -0.2) is 13.2 Å². The zero-order chi connectivity index (χ0) is 13.8. The molecule has 0 spiro atoms. The largest absolute Gasteiger partial charge is 0.465 e. The molecule has 7 nitrogen and oxygen atoms in total. The fourth-order valence-corrected chi connectivity index (χ4v) is 2.10. The maximum atomic E-state index is 11.8. The molecule has 0 aliphatic rings. The summed E-state index contributed by atoms with van der Waals surface area (Å²) < 4.78 is 28.0. The van der Waals surface area contributed by atoms with Crippen LogP contribution in [0.5, 0.6) is 0 Å². The van der Waals surface area contributed by atoms with E-state index >= 15 is 0 Å². The van der Waals surface area contributed by atoms with Crippen molar-refractivity contribution >= 4 is 33.3 Å². The lowest BCUT2D eigenvalue weighted by atomic mass is 10.2. The molecule has 1 aromatic carbocycles. The third-order valence-electron chi connectivity index (χ3n) is 1.87. The SMILES string of the molecule is COC(=O)c1cccc(S(=O)(=O)NNC(N)=S)c1. The van der Waals surface area contributed by atoms with Gasteiger partial charge in [0, 0.05) is 0 Å². The summed E-state index contributed by atoms with van der Waals surface area (Å²) in [7, 11) is -2.65. The molecule has 98 valence electrons. The standard InChI is InChI=1S/C9H11N3O4S2/c1-16-8(13)6-3-2-4-7(5-6)18(14,15)12-11-9(10)17/h2-5,12H,1H3,(H3,10,11,17). The lowest BCUT2D eigenvalue weighted by Gasteiger charge is -2.08. The van der Waals surface area contributed by atoms with E-state index in [0.29, 0.717) is 0 Å².